The number of aliphatic hydroxyl groups excluding tert-OH is 1. The second-order valence-electron chi connectivity index (χ2n) is 6.61. The Morgan fingerprint density at radius 1 is 1.20 bits per heavy atom. The van der Waals surface area contributed by atoms with Crippen LogP contribution in [0.15, 0.2) is 48.8 Å². The van der Waals surface area contributed by atoms with Crippen molar-refractivity contribution in [2.45, 2.75) is 31.8 Å². The third-order valence-electron chi connectivity index (χ3n) is 4.70. The zero-order valence-electron chi connectivity index (χ0n) is 14.5. The molecule has 0 aliphatic heterocycles. The van der Waals surface area contributed by atoms with E-state index in [1.807, 2.05) is 12.1 Å². The summed E-state index contributed by atoms with van der Waals surface area (Å²) in [6, 6.07) is 10.7. The summed E-state index contributed by atoms with van der Waals surface area (Å²) in [4.78, 5) is 18.3. The number of carbonyl (C=O) groups is 1. The number of pyridine rings is 1. The van der Waals surface area contributed by atoms with E-state index in [1.165, 1.54) is 0 Å². The van der Waals surface area contributed by atoms with Gasteiger partial charge in [0.2, 0.25) is 0 Å². The first-order valence-electron chi connectivity index (χ1n) is 8.75. The van der Waals surface area contributed by atoms with Crippen LogP contribution in [0, 0.1) is 5.92 Å². The molecule has 0 spiro atoms. The fourth-order valence-corrected chi connectivity index (χ4v) is 3.27. The van der Waals surface area contributed by atoms with Crippen LogP contribution in [0.25, 0.3) is 0 Å². The molecule has 1 saturated carbocycles. The monoisotopic (exact) mass is 340 g/mol. The molecule has 1 aliphatic carbocycles. The van der Waals surface area contributed by atoms with Crippen molar-refractivity contribution >= 4 is 5.91 Å². The third-order valence-corrected chi connectivity index (χ3v) is 4.70. The average molecular weight is 340 g/mol. The minimum absolute atomic E-state index is 0.0364. The Kier molecular flexibility index (Phi) is 5.66. The van der Waals surface area contributed by atoms with E-state index in [1.54, 1.807) is 48.6 Å². The highest BCUT2D eigenvalue weighted by Gasteiger charge is 2.25. The van der Waals surface area contributed by atoms with Crippen molar-refractivity contribution in [3.05, 3.63) is 54.4 Å². The first-order chi connectivity index (χ1) is 12.1. The van der Waals surface area contributed by atoms with Gasteiger partial charge in [0, 0.05) is 31.3 Å². The topological polar surface area (TPSA) is 62.7 Å². The number of ether oxygens (including phenoxy) is 1. The highest BCUT2D eigenvalue weighted by Crippen LogP contribution is 2.26. The van der Waals surface area contributed by atoms with Crippen molar-refractivity contribution in [2.24, 2.45) is 5.92 Å². The lowest BCUT2D eigenvalue weighted by Gasteiger charge is -2.31. The molecular formula is C20H24N2O3. The molecule has 1 amide bonds. The van der Waals surface area contributed by atoms with Crippen LogP contribution in [0.2, 0.25) is 0 Å². The molecule has 1 N–H and O–H groups in total. The van der Waals surface area contributed by atoms with Crippen LogP contribution in [-0.2, 0) is 0 Å². The van der Waals surface area contributed by atoms with E-state index in [0.29, 0.717) is 23.6 Å². The van der Waals surface area contributed by atoms with Gasteiger partial charge in [0.25, 0.3) is 5.91 Å². The molecule has 3 rings (SSSR count). The van der Waals surface area contributed by atoms with Crippen LogP contribution in [0.5, 0.6) is 11.5 Å². The lowest BCUT2D eigenvalue weighted by Crippen LogP contribution is -2.38. The van der Waals surface area contributed by atoms with E-state index in [4.69, 9.17) is 4.74 Å². The molecule has 5 heteroatoms. The van der Waals surface area contributed by atoms with Crippen LogP contribution in [-0.4, -0.2) is 40.6 Å². The van der Waals surface area contributed by atoms with E-state index in [0.717, 1.165) is 25.7 Å². The molecule has 1 fully saturated rings. The van der Waals surface area contributed by atoms with Gasteiger partial charge in [-0.15, -0.1) is 0 Å². The van der Waals surface area contributed by atoms with Gasteiger partial charge in [-0.05, 0) is 49.2 Å². The summed E-state index contributed by atoms with van der Waals surface area (Å²) < 4.78 is 5.69. The number of carbonyl (C=O) groups excluding carboxylic acids is 1. The Morgan fingerprint density at radius 3 is 2.64 bits per heavy atom. The van der Waals surface area contributed by atoms with Crippen LogP contribution < -0.4 is 4.74 Å². The lowest BCUT2D eigenvalue weighted by molar-refractivity contribution is 0.0451. The van der Waals surface area contributed by atoms with Crippen LogP contribution in [0.1, 0.15) is 36.0 Å². The number of rotatable bonds is 5. The number of benzene rings is 1. The number of hydrogen-bond acceptors (Lipinski definition) is 4. The van der Waals surface area contributed by atoms with E-state index >= 15 is 0 Å². The largest absolute Gasteiger partial charge is 0.456 e. The number of nitrogens with zero attached hydrogens (tertiary/aromatic N) is 2. The van der Waals surface area contributed by atoms with Crippen LogP contribution in [0.4, 0.5) is 0 Å². The van der Waals surface area contributed by atoms with Gasteiger partial charge in [0.15, 0.2) is 0 Å². The fraction of sp³-hybridized carbons (Fsp3) is 0.400. The van der Waals surface area contributed by atoms with Gasteiger partial charge < -0.3 is 14.7 Å². The number of aliphatic hydroxyl groups is 1. The number of aromatic nitrogens is 1. The minimum Gasteiger partial charge on any atom is -0.456 e. The maximum Gasteiger partial charge on any atom is 0.253 e. The van der Waals surface area contributed by atoms with Gasteiger partial charge in [-0.3, -0.25) is 9.78 Å². The Bertz CT molecular complexity index is 688. The second-order valence-corrected chi connectivity index (χ2v) is 6.61. The summed E-state index contributed by atoms with van der Waals surface area (Å²) in [5, 5.41) is 10.1. The first kappa shape index (κ1) is 17.4. The first-order valence-corrected chi connectivity index (χ1v) is 8.75. The quantitative estimate of drug-likeness (QED) is 0.905. The predicted octanol–water partition coefficient (Wildman–Crippen LogP) is 3.50. The molecule has 0 saturated heterocycles. The van der Waals surface area contributed by atoms with Crippen molar-refractivity contribution in [1.82, 2.24) is 9.88 Å². The van der Waals surface area contributed by atoms with E-state index < -0.39 is 0 Å². The molecule has 0 radical (unpaired) electrons. The molecule has 5 nitrogen and oxygen atoms in total. The summed E-state index contributed by atoms with van der Waals surface area (Å²) in [6.45, 7) is 0.591. The normalized spacial score (nSPS) is 20.1. The van der Waals surface area contributed by atoms with E-state index in [2.05, 4.69) is 4.98 Å². The summed E-state index contributed by atoms with van der Waals surface area (Å²) in [7, 11) is 1.80. The van der Waals surface area contributed by atoms with Crippen molar-refractivity contribution < 1.29 is 14.6 Å². The van der Waals surface area contributed by atoms with E-state index in [-0.39, 0.29) is 17.9 Å². The van der Waals surface area contributed by atoms with Crippen LogP contribution in [0.3, 0.4) is 0 Å². The summed E-state index contributed by atoms with van der Waals surface area (Å²) in [5.41, 5.74) is 0.617. The maximum absolute atomic E-state index is 12.6. The molecule has 2 atom stereocenters. The van der Waals surface area contributed by atoms with Gasteiger partial charge in [0.1, 0.15) is 11.5 Å². The Hall–Kier alpha value is -2.40. The SMILES string of the molecule is CN(CC1CCCCC1O)C(=O)c1ccc(Oc2cccnc2)cc1. The molecule has 2 aromatic rings. The second kappa shape index (κ2) is 8.12. The van der Waals surface area contributed by atoms with Gasteiger partial charge in [-0.25, -0.2) is 0 Å². The molecule has 25 heavy (non-hydrogen) atoms. The molecule has 1 aliphatic rings. The van der Waals surface area contributed by atoms with Gasteiger partial charge >= 0.3 is 0 Å². The lowest BCUT2D eigenvalue weighted by atomic mass is 9.86. The highest BCUT2D eigenvalue weighted by atomic mass is 16.5. The minimum atomic E-state index is -0.292. The molecule has 132 valence electrons. The predicted molar refractivity (Wildman–Crippen MR) is 95.7 cm³/mol. The Balaban J connectivity index is 1.60. The number of hydrogen-bond donors (Lipinski definition) is 1. The fourth-order valence-electron chi connectivity index (χ4n) is 3.27. The average Bonchev–Trinajstić information content (AvgIpc) is 2.64. The summed E-state index contributed by atoms with van der Waals surface area (Å²) in [5.74, 6) is 1.46. The molecular weight excluding hydrogens is 316 g/mol. The molecule has 0 bridgehead atoms. The standard InChI is InChI=1S/C20H24N2O3/c1-22(14-16-5-2-3-7-19(16)23)20(24)15-8-10-17(11-9-15)25-18-6-4-12-21-13-18/h4,6,8-13,16,19,23H,2-3,5,7,14H2,1H3. The zero-order chi connectivity index (χ0) is 17.6. The molecule has 1 aromatic carbocycles. The molecule has 1 aromatic heterocycles. The summed E-state index contributed by atoms with van der Waals surface area (Å²) >= 11 is 0. The maximum atomic E-state index is 12.6. The molecule has 2 unspecified atom stereocenters. The zero-order valence-corrected chi connectivity index (χ0v) is 14.5. The van der Waals surface area contributed by atoms with Crippen molar-refractivity contribution in [3.8, 4) is 11.5 Å². The van der Waals surface area contributed by atoms with Gasteiger partial charge in [0.05, 0.1) is 12.3 Å². The third kappa shape index (κ3) is 4.57. The van der Waals surface area contributed by atoms with Gasteiger partial charge in [-0.1, -0.05) is 12.8 Å². The highest BCUT2D eigenvalue weighted by molar-refractivity contribution is 5.94. The van der Waals surface area contributed by atoms with Gasteiger partial charge in [-0.2, -0.15) is 0 Å². The number of amides is 1. The Labute approximate surface area is 148 Å². The van der Waals surface area contributed by atoms with Crippen molar-refractivity contribution in [1.29, 1.82) is 0 Å². The van der Waals surface area contributed by atoms with E-state index in [9.17, 15) is 9.90 Å². The van der Waals surface area contributed by atoms with Crippen molar-refractivity contribution in [2.75, 3.05) is 13.6 Å². The van der Waals surface area contributed by atoms with Crippen LogP contribution >= 0.6 is 0 Å². The summed E-state index contributed by atoms with van der Waals surface area (Å²) in [6.07, 6.45) is 7.07. The van der Waals surface area contributed by atoms with Crippen molar-refractivity contribution in [3.63, 3.8) is 0 Å². The molecule has 1 heterocycles. The smallest absolute Gasteiger partial charge is 0.253 e. The Morgan fingerprint density at radius 2 is 1.96 bits per heavy atom.